The van der Waals surface area contributed by atoms with Crippen molar-refractivity contribution in [1.82, 2.24) is 25.1 Å². The first-order valence-electron chi connectivity index (χ1n) is 19.4. The number of benzene rings is 2. The zero-order valence-electron chi connectivity index (χ0n) is 32.9. The summed E-state index contributed by atoms with van der Waals surface area (Å²) >= 11 is 2.58. The number of carbonyl (C=O) groups is 3. The van der Waals surface area contributed by atoms with Gasteiger partial charge in [-0.15, -0.1) is 11.3 Å². The van der Waals surface area contributed by atoms with Crippen LogP contribution < -0.4 is 10.2 Å². The van der Waals surface area contributed by atoms with Crippen molar-refractivity contribution in [3.8, 4) is 5.75 Å². The van der Waals surface area contributed by atoms with Gasteiger partial charge in [-0.25, -0.2) is 19.0 Å². The second kappa shape index (κ2) is 20.7. The van der Waals surface area contributed by atoms with Gasteiger partial charge in [-0.3, -0.25) is 14.5 Å². The maximum Gasteiger partial charge on any atom is 0.490 e. The number of aromatic hydroxyl groups is 1. The number of nitrogens with zero attached hydrogens (tertiary/aromatic N) is 3. The Balaban J connectivity index is 0.000000448. The summed E-state index contributed by atoms with van der Waals surface area (Å²) in [4.78, 5) is 54.3. The molecule has 23 heteroatoms. The number of aromatic amines is 1. The average Bonchev–Trinajstić information content (AvgIpc) is 3.99. The van der Waals surface area contributed by atoms with Crippen LogP contribution in [0.3, 0.4) is 0 Å². The van der Waals surface area contributed by atoms with E-state index < -0.39 is 30.4 Å². The van der Waals surface area contributed by atoms with E-state index in [2.05, 4.69) is 15.2 Å². The van der Waals surface area contributed by atoms with Crippen LogP contribution in [0.15, 0.2) is 40.5 Å². The first-order valence-corrected chi connectivity index (χ1v) is 21.1. The molecule has 1 spiro atoms. The molecule has 2 saturated heterocycles. The van der Waals surface area contributed by atoms with Crippen molar-refractivity contribution < 1.29 is 70.3 Å². The van der Waals surface area contributed by atoms with E-state index in [1.807, 2.05) is 16.3 Å². The molecule has 0 unspecified atom stereocenters. The van der Waals surface area contributed by atoms with Crippen LogP contribution in [-0.2, 0) is 27.3 Å². The second-order valence-electron chi connectivity index (χ2n) is 15.0. The van der Waals surface area contributed by atoms with Gasteiger partial charge in [0.25, 0.3) is 5.91 Å². The maximum atomic E-state index is 14.7. The molecule has 1 aliphatic carbocycles. The third-order valence-corrected chi connectivity index (χ3v) is 12.5. The number of nitrogens with one attached hydrogen (secondary N) is 2. The Morgan fingerprint density at radius 2 is 1.61 bits per heavy atom. The number of piperidine rings is 1. The molecule has 0 radical (unpaired) electrons. The topological polar surface area (TPSA) is 206 Å². The number of rotatable bonds is 10. The zero-order chi connectivity index (χ0) is 45.4. The van der Waals surface area contributed by atoms with Crippen LogP contribution in [0, 0.1) is 5.82 Å². The van der Waals surface area contributed by atoms with Crippen LogP contribution in [0.5, 0.6) is 5.75 Å². The summed E-state index contributed by atoms with van der Waals surface area (Å²) in [5.41, 5.74) is 2.90. The van der Waals surface area contributed by atoms with E-state index in [0.717, 1.165) is 53.4 Å². The molecule has 3 fully saturated rings. The fourth-order valence-electron chi connectivity index (χ4n) is 7.44. The lowest BCUT2D eigenvalue weighted by Crippen LogP contribution is -2.58. The van der Waals surface area contributed by atoms with E-state index >= 15 is 0 Å². The number of thiazole rings is 2. The number of likely N-dealkylation sites (tertiary alicyclic amines) is 1. The molecule has 340 valence electrons. The monoisotopic (exact) mass is 923 g/mol. The van der Waals surface area contributed by atoms with Gasteiger partial charge in [-0.05, 0) is 68.0 Å². The quantitative estimate of drug-likeness (QED) is 0.0779. The van der Waals surface area contributed by atoms with Gasteiger partial charge in [0.05, 0.1) is 34.6 Å². The van der Waals surface area contributed by atoms with Gasteiger partial charge >= 0.3 is 29.2 Å². The number of phenolic OH excluding ortho intramolecular Hbond substituents is 1. The Bertz CT molecular complexity index is 2210. The maximum absolute atomic E-state index is 14.7. The minimum atomic E-state index is -5.08. The van der Waals surface area contributed by atoms with Crippen molar-refractivity contribution in [1.29, 1.82) is 0 Å². The molecule has 2 aromatic carbocycles. The molecule has 7 rings (SSSR count). The number of fused-ring (bicyclic) bond motifs is 1. The Morgan fingerprint density at radius 1 is 0.984 bits per heavy atom. The normalized spacial score (nSPS) is 17.6. The molecule has 62 heavy (non-hydrogen) atoms. The number of alkyl halides is 6. The van der Waals surface area contributed by atoms with Gasteiger partial charge in [0.15, 0.2) is 0 Å². The Kier molecular flexibility index (Phi) is 16.1. The number of phenols is 1. The van der Waals surface area contributed by atoms with Crippen molar-refractivity contribution in [3.05, 3.63) is 78.6 Å². The summed E-state index contributed by atoms with van der Waals surface area (Å²) in [5.74, 6) is -5.30. The van der Waals surface area contributed by atoms with Crippen molar-refractivity contribution in [2.45, 2.75) is 81.5 Å². The highest BCUT2D eigenvalue weighted by Crippen LogP contribution is 2.37. The summed E-state index contributed by atoms with van der Waals surface area (Å²) < 4.78 is 85.0. The fraction of sp³-hybridized carbons (Fsp3) is 0.513. The predicted molar refractivity (Wildman–Crippen MR) is 212 cm³/mol. The predicted octanol–water partition coefficient (Wildman–Crippen LogP) is 6.19. The molecule has 2 aliphatic heterocycles. The smallest absolute Gasteiger partial charge is 0.490 e. The number of hydrogen-bond acceptors (Lipinski definition) is 12. The number of hydrogen-bond donors (Lipinski definition) is 6. The first-order chi connectivity index (χ1) is 29.1. The third kappa shape index (κ3) is 13.2. The van der Waals surface area contributed by atoms with E-state index in [1.54, 1.807) is 29.5 Å². The van der Waals surface area contributed by atoms with Crippen LogP contribution in [0.4, 0.5) is 30.7 Å². The zero-order valence-corrected chi connectivity index (χ0v) is 34.5. The molecule has 1 saturated carbocycles. The molecular weight excluding hydrogens is 880 g/mol. The number of carbonyl (C=O) groups excluding carboxylic acids is 1. The van der Waals surface area contributed by atoms with Gasteiger partial charge in [0.1, 0.15) is 22.8 Å². The lowest BCUT2D eigenvalue weighted by atomic mass is 9.89. The summed E-state index contributed by atoms with van der Waals surface area (Å²) in [5, 5.41) is 41.3. The largest absolute Gasteiger partial charge is 0.506 e. The molecule has 4 heterocycles. The number of aromatic nitrogens is 2. The van der Waals surface area contributed by atoms with Crippen molar-refractivity contribution in [2.24, 2.45) is 0 Å². The lowest BCUT2D eigenvalue weighted by Gasteiger charge is -2.47. The lowest BCUT2D eigenvalue weighted by molar-refractivity contribution is -0.193. The summed E-state index contributed by atoms with van der Waals surface area (Å²) in [6.07, 6.45) is -4.00. The fourth-order valence-corrected chi connectivity index (χ4v) is 9.33. The second-order valence-corrected chi connectivity index (χ2v) is 16.9. The standard InChI is InChI=1S/C35H42FN5O5S2.2C2HF3O2/c36-25-16-22(7-10-37-18-29(43)26-5-6-28(42)30-31(26)48-34(45)39-30)15-23(17-25)19-40-11-8-35(9-12-40)21-41(13-14-46-35)33(44)27-20-47-32(38-27)24-3-1-2-4-24;2*3-2(4,5)1(6)7/h5-6,15-17,20,24,29,37,42-43H,1-4,7-14,18-19,21H2,(H,39,45);2*(H,6,7)/t29-;;/m0../s1. The van der Waals surface area contributed by atoms with Crippen LogP contribution >= 0.6 is 22.7 Å². The number of morpholine rings is 1. The number of aliphatic carboxylic acids is 2. The molecule has 2 aromatic heterocycles. The Morgan fingerprint density at radius 3 is 2.24 bits per heavy atom. The Hall–Kier alpha value is -4.68. The minimum Gasteiger partial charge on any atom is -0.506 e. The van der Waals surface area contributed by atoms with Gasteiger partial charge < -0.3 is 40.4 Å². The van der Waals surface area contributed by atoms with Crippen LogP contribution in [0.2, 0.25) is 0 Å². The van der Waals surface area contributed by atoms with Crippen molar-refractivity contribution in [2.75, 3.05) is 45.9 Å². The molecular formula is C39H44F7N5O9S2. The first kappa shape index (κ1) is 48.4. The van der Waals surface area contributed by atoms with E-state index in [9.17, 15) is 50.5 Å². The summed E-state index contributed by atoms with van der Waals surface area (Å²) in [6.45, 7) is 4.70. The number of H-pyrrole nitrogens is 1. The van der Waals surface area contributed by atoms with Crippen molar-refractivity contribution in [3.63, 3.8) is 0 Å². The van der Waals surface area contributed by atoms with E-state index in [-0.39, 0.29) is 34.5 Å². The molecule has 1 amide bonds. The summed E-state index contributed by atoms with van der Waals surface area (Å²) in [7, 11) is 0. The summed E-state index contributed by atoms with van der Waals surface area (Å²) in [6, 6.07) is 8.27. The number of carboxylic acids is 2. The highest BCUT2D eigenvalue weighted by atomic mass is 32.1. The van der Waals surface area contributed by atoms with Gasteiger partial charge in [0.2, 0.25) is 0 Å². The van der Waals surface area contributed by atoms with E-state index in [1.165, 1.54) is 31.7 Å². The molecule has 6 N–H and O–H groups in total. The highest BCUT2D eigenvalue weighted by Gasteiger charge is 2.42. The number of amides is 1. The highest BCUT2D eigenvalue weighted by molar-refractivity contribution is 7.16. The minimum absolute atomic E-state index is 0.00791. The molecule has 0 bridgehead atoms. The van der Waals surface area contributed by atoms with Crippen LogP contribution in [-0.4, -0.2) is 122 Å². The number of carboxylic acid groups (broad SMARTS) is 2. The average molecular weight is 924 g/mol. The number of aliphatic hydroxyl groups excluding tert-OH is 1. The van der Waals surface area contributed by atoms with Gasteiger partial charge in [0, 0.05) is 49.6 Å². The molecule has 1 atom stereocenters. The van der Waals surface area contributed by atoms with E-state index in [0.29, 0.717) is 66.6 Å². The van der Waals surface area contributed by atoms with Crippen LogP contribution in [0.25, 0.3) is 10.2 Å². The van der Waals surface area contributed by atoms with Gasteiger partial charge in [-0.2, -0.15) is 26.3 Å². The SMILES string of the molecule is O=C(O)C(F)(F)F.O=C(O)C(F)(F)F.O=C(c1csc(C2CCCC2)n1)N1CCOC2(CCN(Cc3cc(F)cc(CCNC[C@H](O)c4ccc(O)c5[nH]c(=O)sc45)c3)CC2)C1. The van der Waals surface area contributed by atoms with Gasteiger partial charge in [-0.1, -0.05) is 36.3 Å². The number of halogens is 7. The van der Waals surface area contributed by atoms with Crippen LogP contribution in [0.1, 0.15) is 82.7 Å². The molecule has 3 aliphatic rings. The third-order valence-electron chi connectivity index (χ3n) is 10.5. The molecule has 14 nitrogen and oxygen atoms in total. The van der Waals surface area contributed by atoms with Crippen molar-refractivity contribution >= 4 is 50.7 Å². The Labute approximate surface area is 356 Å². The molecule has 4 aromatic rings. The van der Waals surface area contributed by atoms with E-state index in [4.69, 9.17) is 29.5 Å². The number of ether oxygens (including phenoxy) is 1. The number of aliphatic hydroxyl groups is 1.